The summed E-state index contributed by atoms with van der Waals surface area (Å²) in [6.07, 6.45) is -2.07. The van der Waals surface area contributed by atoms with Gasteiger partial charge in [-0.25, -0.2) is 4.98 Å². The van der Waals surface area contributed by atoms with E-state index >= 15 is 0 Å². The van der Waals surface area contributed by atoms with E-state index in [1.54, 1.807) is 18.3 Å². The number of nitrogens with zero attached hydrogens (tertiary/aromatic N) is 2. The van der Waals surface area contributed by atoms with E-state index in [1.165, 1.54) is 6.92 Å². The van der Waals surface area contributed by atoms with Crippen molar-refractivity contribution >= 4 is 12.0 Å². The van der Waals surface area contributed by atoms with Gasteiger partial charge in [0.15, 0.2) is 0 Å². The number of phenolic OH excluding ortho intramolecular Hbond substituents is 1. The number of ether oxygens (including phenoxy) is 1. The van der Waals surface area contributed by atoms with Crippen LogP contribution < -0.4 is 5.73 Å². The van der Waals surface area contributed by atoms with E-state index in [0.29, 0.717) is 30.5 Å². The fourth-order valence-corrected chi connectivity index (χ4v) is 2.82. The van der Waals surface area contributed by atoms with Crippen molar-refractivity contribution in [2.45, 2.75) is 25.6 Å². The van der Waals surface area contributed by atoms with E-state index in [9.17, 15) is 18.3 Å². The zero-order valence-corrected chi connectivity index (χ0v) is 14.0. The summed E-state index contributed by atoms with van der Waals surface area (Å²) in [7, 11) is 0. The van der Waals surface area contributed by atoms with Crippen molar-refractivity contribution < 1.29 is 23.0 Å². The number of rotatable bonds is 3. The van der Waals surface area contributed by atoms with Crippen LogP contribution in [-0.4, -0.2) is 35.6 Å². The van der Waals surface area contributed by atoms with Crippen molar-refractivity contribution in [3.05, 3.63) is 41.0 Å². The summed E-state index contributed by atoms with van der Waals surface area (Å²) in [6, 6.07) is 5.03. The van der Waals surface area contributed by atoms with Gasteiger partial charge in [0.2, 0.25) is 0 Å². The molecule has 1 fully saturated rings. The summed E-state index contributed by atoms with van der Waals surface area (Å²) < 4.78 is 43.8. The second-order valence-corrected chi connectivity index (χ2v) is 6.15. The smallest absolute Gasteiger partial charge is 0.416 e. The Labute approximate surface area is 148 Å². The number of aromatic hydroxyl groups is 1. The Hall–Kier alpha value is -2.61. The molecule has 3 rings (SSSR count). The zero-order valence-electron chi connectivity index (χ0n) is 14.0. The fourth-order valence-electron chi connectivity index (χ4n) is 2.82. The molecule has 0 spiro atoms. The molecule has 26 heavy (non-hydrogen) atoms. The third-order valence-electron chi connectivity index (χ3n) is 4.19. The van der Waals surface area contributed by atoms with Crippen molar-refractivity contribution in [3.8, 4) is 17.0 Å². The van der Waals surface area contributed by atoms with Gasteiger partial charge in [-0.15, -0.1) is 0 Å². The zero-order chi connectivity index (χ0) is 18.9. The lowest BCUT2D eigenvalue weighted by molar-refractivity contribution is -0.137. The molecular formula is C18H18F3N3O2. The number of pyridine rings is 1. The molecule has 1 aromatic heterocycles. The lowest BCUT2D eigenvalue weighted by Gasteiger charge is -2.14. The Kier molecular flexibility index (Phi) is 4.86. The van der Waals surface area contributed by atoms with Crippen LogP contribution in [-0.2, 0) is 10.9 Å². The van der Waals surface area contributed by atoms with Crippen LogP contribution in [0.25, 0.3) is 11.3 Å². The second-order valence-electron chi connectivity index (χ2n) is 6.15. The molecule has 3 N–H and O–H groups in total. The molecular weight excluding hydrogens is 347 g/mol. The number of nitrogens with two attached hydrogens (primary N) is 1. The number of anilines is 1. The third kappa shape index (κ3) is 3.80. The van der Waals surface area contributed by atoms with Crippen LogP contribution >= 0.6 is 0 Å². The van der Waals surface area contributed by atoms with Crippen molar-refractivity contribution in [1.29, 1.82) is 0 Å². The Bertz CT molecular complexity index is 821. The molecule has 8 heteroatoms. The Morgan fingerprint density at radius 2 is 2.12 bits per heavy atom. The van der Waals surface area contributed by atoms with Crippen LogP contribution in [0.4, 0.5) is 19.0 Å². The number of hydrogen-bond acceptors (Lipinski definition) is 5. The number of hydrogen-bond donors (Lipinski definition) is 2. The van der Waals surface area contributed by atoms with Gasteiger partial charge in [-0.3, -0.25) is 4.99 Å². The number of nitrogen functional groups attached to an aromatic ring is 1. The van der Waals surface area contributed by atoms with Crippen molar-refractivity contribution in [2.75, 3.05) is 18.9 Å². The van der Waals surface area contributed by atoms with Gasteiger partial charge < -0.3 is 15.6 Å². The topological polar surface area (TPSA) is 80.7 Å². The number of aromatic nitrogens is 1. The first kappa shape index (κ1) is 18.2. The van der Waals surface area contributed by atoms with Gasteiger partial charge >= 0.3 is 6.18 Å². The first-order chi connectivity index (χ1) is 12.3. The van der Waals surface area contributed by atoms with Gasteiger partial charge in [-0.05, 0) is 43.2 Å². The van der Waals surface area contributed by atoms with Gasteiger partial charge in [0, 0.05) is 23.9 Å². The van der Waals surface area contributed by atoms with Crippen molar-refractivity contribution in [2.24, 2.45) is 4.99 Å². The van der Waals surface area contributed by atoms with Crippen LogP contribution in [0.5, 0.6) is 5.75 Å². The minimum Gasteiger partial charge on any atom is -0.507 e. The average Bonchev–Trinajstić information content (AvgIpc) is 3.06. The van der Waals surface area contributed by atoms with E-state index in [0.717, 1.165) is 12.5 Å². The van der Waals surface area contributed by atoms with Crippen LogP contribution in [0.2, 0.25) is 0 Å². The number of aliphatic imine (C=N–C) groups is 1. The summed E-state index contributed by atoms with van der Waals surface area (Å²) in [4.78, 5) is 8.60. The number of halogens is 3. The molecule has 5 nitrogen and oxygen atoms in total. The maximum atomic E-state index is 12.8. The minimum absolute atomic E-state index is 0.0929. The van der Waals surface area contributed by atoms with Crippen LogP contribution in [0.15, 0.2) is 29.3 Å². The molecule has 0 radical (unpaired) electrons. The third-order valence-corrected chi connectivity index (χ3v) is 4.19. The first-order valence-corrected chi connectivity index (χ1v) is 8.04. The molecule has 0 saturated carbocycles. The highest BCUT2D eigenvalue weighted by Crippen LogP contribution is 2.38. The van der Waals surface area contributed by atoms with Gasteiger partial charge in [0.25, 0.3) is 0 Å². The second kappa shape index (κ2) is 6.95. The van der Waals surface area contributed by atoms with E-state index in [2.05, 4.69) is 9.98 Å². The van der Waals surface area contributed by atoms with Crippen LogP contribution in [0.3, 0.4) is 0 Å². The maximum absolute atomic E-state index is 12.8. The lowest BCUT2D eigenvalue weighted by Crippen LogP contribution is -2.06. The number of benzene rings is 1. The lowest BCUT2D eigenvalue weighted by atomic mass is 10.00. The molecule has 1 atom stereocenters. The largest absolute Gasteiger partial charge is 0.507 e. The monoisotopic (exact) mass is 365 g/mol. The standard InChI is InChI=1S/C18H18F3N3O2/c1-10-6-12(18(19,20)21)7-15(25)16(10)14-3-2-11(17(22)24-14)8-23-13-4-5-26-9-13/h2-3,6-8,13,25H,4-5,9H2,1H3,(H2,22,24)/t13-/m1/s1. The molecule has 0 unspecified atom stereocenters. The molecule has 1 aromatic carbocycles. The Morgan fingerprint density at radius 3 is 2.69 bits per heavy atom. The number of alkyl halides is 3. The quantitative estimate of drug-likeness (QED) is 0.815. The van der Waals surface area contributed by atoms with E-state index < -0.39 is 17.5 Å². The number of aryl methyl sites for hydroxylation is 1. The minimum atomic E-state index is -4.53. The highest BCUT2D eigenvalue weighted by Gasteiger charge is 2.32. The summed E-state index contributed by atoms with van der Waals surface area (Å²) in [5.41, 5.74) is 6.42. The van der Waals surface area contributed by atoms with Gasteiger partial charge in [-0.2, -0.15) is 13.2 Å². The van der Waals surface area contributed by atoms with Crippen LogP contribution in [0.1, 0.15) is 23.1 Å². The summed E-state index contributed by atoms with van der Waals surface area (Å²) >= 11 is 0. The molecule has 0 amide bonds. The Morgan fingerprint density at radius 1 is 1.35 bits per heavy atom. The summed E-state index contributed by atoms with van der Waals surface area (Å²) in [5.74, 6) is -0.308. The average molecular weight is 365 g/mol. The number of phenols is 1. The summed E-state index contributed by atoms with van der Waals surface area (Å²) in [6.45, 7) is 2.74. The molecule has 138 valence electrons. The van der Waals surface area contributed by atoms with E-state index in [-0.39, 0.29) is 23.0 Å². The molecule has 0 aliphatic carbocycles. The van der Waals surface area contributed by atoms with Crippen LogP contribution in [0, 0.1) is 6.92 Å². The highest BCUT2D eigenvalue weighted by atomic mass is 19.4. The van der Waals surface area contributed by atoms with Gasteiger partial charge in [0.1, 0.15) is 11.6 Å². The van der Waals surface area contributed by atoms with Crippen molar-refractivity contribution in [1.82, 2.24) is 4.98 Å². The van der Waals surface area contributed by atoms with Gasteiger partial charge in [0.05, 0.1) is 23.9 Å². The Balaban J connectivity index is 1.92. The molecule has 1 aliphatic rings. The first-order valence-electron chi connectivity index (χ1n) is 8.04. The maximum Gasteiger partial charge on any atom is 0.416 e. The van der Waals surface area contributed by atoms with Crippen molar-refractivity contribution in [3.63, 3.8) is 0 Å². The van der Waals surface area contributed by atoms with E-state index in [4.69, 9.17) is 10.5 Å². The molecule has 1 saturated heterocycles. The predicted octanol–water partition coefficient (Wildman–Crippen LogP) is 3.57. The summed E-state index contributed by atoms with van der Waals surface area (Å²) in [5, 5.41) is 10.1. The highest BCUT2D eigenvalue weighted by molar-refractivity contribution is 5.87. The molecule has 0 bridgehead atoms. The van der Waals surface area contributed by atoms with Gasteiger partial charge in [-0.1, -0.05) is 0 Å². The fraction of sp³-hybridized carbons (Fsp3) is 0.333. The normalized spacial score (nSPS) is 17.9. The SMILES string of the molecule is Cc1cc(C(F)(F)F)cc(O)c1-c1ccc(C=N[C@@H]2CCOC2)c(N)n1. The molecule has 2 heterocycles. The predicted molar refractivity (Wildman–Crippen MR) is 92.3 cm³/mol. The molecule has 1 aliphatic heterocycles. The molecule has 2 aromatic rings. The van der Waals surface area contributed by atoms with E-state index in [1.807, 2.05) is 0 Å².